The van der Waals surface area contributed by atoms with Crippen LogP contribution in [-0.4, -0.2) is 30.8 Å². The molecule has 0 atom stereocenters. The second-order valence-corrected chi connectivity index (χ2v) is 7.20. The number of aryl methyl sites for hydroxylation is 1. The number of hydrogen-bond donors (Lipinski definition) is 1. The number of benzene rings is 1. The number of aromatic nitrogens is 2. The van der Waals surface area contributed by atoms with E-state index in [9.17, 15) is 8.42 Å². The minimum Gasteiger partial charge on any atom is -0.326 e. The monoisotopic (exact) mass is 295 g/mol. The lowest BCUT2D eigenvalue weighted by molar-refractivity contribution is 0.588. The fraction of sp³-hybridized carbons (Fsp3) is 0.500. The number of imidazole rings is 1. The van der Waals surface area contributed by atoms with Crippen molar-refractivity contribution in [2.45, 2.75) is 33.2 Å². The van der Waals surface area contributed by atoms with E-state index >= 15 is 0 Å². The normalized spacial score (nSPS) is 12.4. The number of nitrogens with one attached hydrogen (secondary N) is 1. The lowest BCUT2D eigenvalue weighted by atomic mass is 10.1. The quantitative estimate of drug-likeness (QED) is 0.918. The van der Waals surface area contributed by atoms with E-state index in [1.807, 2.05) is 19.1 Å². The van der Waals surface area contributed by atoms with Gasteiger partial charge in [0.15, 0.2) is 0 Å². The molecule has 0 saturated heterocycles. The third-order valence-electron chi connectivity index (χ3n) is 3.22. The molecule has 0 bridgehead atoms. The van der Waals surface area contributed by atoms with E-state index in [2.05, 4.69) is 34.2 Å². The molecule has 0 spiro atoms. The van der Waals surface area contributed by atoms with Gasteiger partial charge in [0, 0.05) is 12.6 Å². The summed E-state index contributed by atoms with van der Waals surface area (Å²) in [7, 11) is -3.12. The average Bonchev–Trinajstić information content (AvgIpc) is 2.62. The first kappa shape index (κ1) is 15.0. The lowest BCUT2D eigenvalue weighted by Crippen LogP contribution is -2.24. The van der Waals surface area contributed by atoms with Gasteiger partial charge in [-0.15, -0.1) is 0 Å². The highest BCUT2D eigenvalue weighted by Crippen LogP contribution is 2.21. The molecule has 0 fully saturated rings. The van der Waals surface area contributed by atoms with Crippen LogP contribution in [0.2, 0.25) is 0 Å². The first-order valence-corrected chi connectivity index (χ1v) is 8.59. The Bertz CT molecular complexity index is 717. The van der Waals surface area contributed by atoms with Gasteiger partial charge in [-0.3, -0.25) is 0 Å². The molecule has 0 aliphatic carbocycles. The van der Waals surface area contributed by atoms with Crippen molar-refractivity contribution in [2.75, 3.05) is 12.8 Å². The summed E-state index contributed by atoms with van der Waals surface area (Å²) in [6.07, 6.45) is 1.83. The van der Waals surface area contributed by atoms with Crippen LogP contribution in [0, 0.1) is 6.92 Å². The second kappa shape index (κ2) is 5.54. The van der Waals surface area contributed by atoms with Crippen molar-refractivity contribution in [2.24, 2.45) is 0 Å². The first-order chi connectivity index (χ1) is 9.28. The van der Waals surface area contributed by atoms with Gasteiger partial charge in [0.05, 0.1) is 17.3 Å². The fourth-order valence-corrected chi connectivity index (χ4v) is 2.93. The Morgan fingerprint density at radius 3 is 2.65 bits per heavy atom. The molecule has 2 aromatic rings. The van der Waals surface area contributed by atoms with Crippen molar-refractivity contribution in [3.63, 3.8) is 0 Å². The summed E-state index contributed by atoms with van der Waals surface area (Å²) >= 11 is 0. The van der Waals surface area contributed by atoms with E-state index < -0.39 is 10.0 Å². The Balaban J connectivity index is 2.22. The molecule has 1 heterocycles. The highest BCUT2D eigenvalue weighted by Gasteiger charge is 2.10. The molecule has 1 N–H and O–H groups in total. The number of hydrogen-bond acceptors (Lipinski definition) is 3. The van der Waals surface area contributed by atoms with Gasteiger partial charge in [0.25, 0.3) is 0 Å². The van der Waals surface area contributed by atoms with Crippen molar-refractivity contribution in [3.8, 4) is 0 Å². The van der Waals surface area contributed by atoms with E-state index in [0.717, 1.165) is 22.4 Å². The van der Waals surface area contributed by atoms with Crippen molar-refractivity contribution in [3.05, 3.63) is 29.6 Å². The third kappa shape index (κ3) is 3.37. The van der Waals surface area contributed by atoms with E-state index in [4.69, 9.17) is 0 Å². The third-order valence-corrected chi connectivity index (χ3v) is 3.95. The van der Waals surface area contributed by atoms with Crippen molar-refractivity contribution in [1.82, 2.24) is 14.3 Å². The number of fused-ring (bicyclic) bond motifs is 1. The van der Waals surface area contributed by atoms with E-state index in [1.165, 1.54) is 6.26 Å². The maximum absolute atomic E-state index is 11.0. The van der Waals surface area contributed by atoms with Crippen LogP contribution < -0.4 is 4.72 Å². The summed E-state index contributed by atoms with van der Waals surface area (Å²) in [5.41, 5.74) is 3.17. The van der Waals surface area contributed by atoms with Gasteiger partial charge in [-0.05, 0) is 44.9 Å². The highest BCUT2D eigenvalue weighted by molar-refractivity contribution is 7.88. The van der Waals surface area contributed by atoms with Gasteiger partial charge in [0.2, 0.25) is 10.0 Å². The van der Waals surface area contributed by atoms with Gasteiger partial charge < -0.3 is 4.57 Å². The Kier molecular flexibility index (Phi) is 4.15. The molecule has 1 aromatic heterocycles. The lowest BCUT2D eigenvalue weighted by Gasteiger charge is -2.10. The standard InChI is InChI=1S/C14H21N3O2S/c1-10(2)17-11(3)16-13-9-12(5-6-14(13)17)7-8-15-20(4,18)19/h5-6,9-10,15H,7-8H2,1-4H3. The smallest absolute Gasteiger partial charge is 0.208 e. The average molecular weight is 295 g/mol. The Morgan fingerprint density at radius 2 is 2.05 bits per heavy atom. The van der Waals surface area contributed by atoms with Gasteiger partial charge in [-0.1, -0.05) is 6.07 Å². The molecule has 0 saturated carbocycles. The van der Waals surface area contributed by atoms with Crippen LogP contribution in [0.25, 0.3) is 11.0 Å². The summed E-state index contributed by atoms with van der Waals surface area (Å²) in [5.74, 6) is 1.00. The number of rotatable bonds is 5. The first-order valence-electron chi connectivity index (χ1n) is 6.70. The van der Waals surface area contributed by atoms with Crippen molar-refractivity contribution >= 4 is 21.1 Å². The van der Waals surface area contributed by atoms with Crippen LogP contribution in [0.4, 0.5) is 0 Å². The summed E-state index contributed by atoms with van der Waals surface area (Å²) in [5, 5.41) is 0. The summed E-state index contributed by atoms with van der Waals surface area (Å²) in [6, 6.07) is 6.50. The molecule has 20 heavy (non-hydrogen) atoms. The number of sulfonamides is 1. The second-order valence-electron chi connectivity index (χ2n) is 5.36. The van der Waals surface area contributed by atoms with Crippen LogP contribution in [-0.2, 0) is 16.4 Å². The highest BCUT2D eigenvalue weighted by atomic mass is 32.2. The molecular weight excluding hydrogens is 274 g/mol. The summed E-state index contributed by atoms with van der Waals surface area (Å²) < 4.78 is 26.8. The molecule has 6 heteroatoms. The number of nitrogens with zero attached hydrogens (tertiary/aromatic N) is 2. The van der Waals surface area contributed by atoms with Crippen LogP contribution >= 0.6 is 0 Å². The molecule has 0 radical (unpaired) electrons. The molecule has 0 unspecified atom stereocenters. The zero-order valence-electron chi connectivity index (χ0n) is 12.3. The van der Waals surface area contributed by atoms with Crippen molar-refractivity contribution in [1.29, 1.82) is 0 Å². The Morgan fingerprint density at radius 1 is 1.35 bits per heavy atom. The summed E-state index contributed by atoms with van der Waals surface area (Å²) in [6.45, 7) is 6.69. The predicted octanol–water partition coefficient (Wildman–Crippen LogP) is 2.02. The molecule has 1 aromatic carbocycles. The van der Waals surface area contributed by atoms with Crippen LogP contribution in [0.15, 0.2) is 18.2 Å². The molecule has 0 amide bonds. The maximum atomic E-state index is 11.0. The molecular formula is C14H21N3O2S. The molecule has 5 nitrogen and oxygen atoms in total. The van der Waals surface area contributed by atoms with Gasteiger partial charge in [-0.25, -0.2) is 18.1 Å². The minimum absolute atomic E-state index is 0.373. The van der Waals surface area contributed by atoms with Gasteiger partial charge in [0.1, 0.15) is 5.82 Å². The molecule has 0 aliphatic heterocycles. The van der Waals surface area contributed by atoms with Crippen molar-refractivity contribution < 1.29 is 8.42 Å². The minimum atomic E-state index is -3.12. The zero-order chi connectivity index (χ0) is 14.9. The fourth-order valence-electron chi connectivity index (χ4n) is 2.45. The van der Waals surface area contributed by atoms with E-state index in [0.29, 0.717) is 19.0 Å². The molecule has 0 aliphatic rings. The Labute approximate surface area is 120 Å². The topological polar surface area (TPSA) is 64.0 Å². The summed E-state index contributed by atoms with van der Waals surface area (Å²) in [4.78, 5) is 4.58. The van der Waals surface area contributed by atoms with Crippen LogP contribution in [0.3, 0.4) is 0 Å². The molecule has 110 valence electrons. The maximum Gasteiger partial charge on any atom is 0.208 e. The largest absolute Gasteiger partial charge is 0.326 e. The zero-order valence-corrected chi connectivity index (χ0v) is 13.2. The van der Waals surface area contributed by atoms with Gasteiger partial charge >= 0.3 is 0 Å². The van der Waals surface area contributed by atoms with E-state index in [1.54, 1.807) is 0 Å². The Hall–Kier alpha value is -1.40. The van der Waals surface area contributed by atoms with Crippen LogP contribution in [0.1, 0.15) is 31.3 Å². The predicted molar refractivity (Wildman–Crippen MR) is 81.4 cm³/mol. The van der Waals surface area contributed by atoms with Crippen LogP contribution in [0.5, 0.6) is 0 Å². The molecule has 2 rings (SSSR count). The van der Waals surface area contributed by atoms with Gasteiger partial charge in [-0.2, -0.15) is 0 Å². The van der Waals surface area contributed by atoms with E-state index in [-0.39, 0.29) is 0 Å². The SMILES string of the molecule is Cc1nc2cc(CCNS(C)(=O)=O)ccc2n1C(C)C.